The summed E-state index contributed by atoms with van der Waals surface area (Å²) in [7, 11) is 0. The molecule has 0 atom stereocenters. The summed E-state index contributed by atoms with van der Waals surface area (Å²) >= 11 is 0. The van der Waals surface area contributed by atoms with Crippen molar-refractivity contribution in [2.75, 3.05) is 13.1 Å². The highest BCUT2D eigenvalue weighted by Crippen LogP contribution is 1.86. The molecule has 1 aromatic heterocycles. The van der Waals surface area contributed by atoms with E-state index >= 15 is 0 Å². The molecule has 1 amide bonds. The molecule has 1 aromatic rings. The maximum Gasteiger partial charge on any atom is 0.325 e. The molecule has 1 rings (SSSR count). The molecule has 0 aromatic carbocycles. The number of nitrogens with zero attached hydrogens (tertiary/aromatic N) is 3. The molecule has 0 saturated carbocycles. The average Bonchev–Trinajstić information content (AvgIpc) is 2.28. The molecule has 0 aliphatic heterocycles. The molecule has 9 nitrogen and oxygen atoms in total. The van der Waals surface area contributed by atoms with Crippen LogP contribution in [0.4, 0.5) is 0 Å². The number of carbonyl (C=O) groups is 1. The van der Waals surface area contributed by atoms with Crippen molar-refractivity contribution in [3.63, 3.8) is 0 Å². The molecule has 90 valence electrons. The number of aromatic nitrogens is 2. The van der Waals surface area contributed by atoms with Gasteiger partial charge in [-0.2, -0.15) is 0 Å². The van der Waals surface area contributed by atoms with Gasteiger partial charge in [0, 0.05) is 24.2 Å². The highest BCUT2D eigenvalue weighted by Gasteiger charge is 2.09. The van der Waals surface area contributed by atoms with Crippen LogP contribution in [-0.4, -0.2) is 29.0 Å². The van der Waals surface area contributed by atoms with Crippen molar-refractivity contribution in [3.8, 4) is 0 Å². The van der Waals surface area contributed by atoms with Crippen LogP contribution < -0.4 is 16.6 Å². The number of carbonyl (C=O) groups excluding carboxylic acids is 1. The molecule has 0 bridgehead atoms. The van der Waals surface area contributed by atoms with Crippen LogP contribution in [0, 0.1) is 0 Å². The van der Waals surface area contributed by atoms with Crippen molar-refractivity contribution < 1.29 is 4.79 Å². The normalized spacial score (nSPS) is 9.41. The summed E-state index contributed by atoms with van der Waals surface area (Å²) in [5.74, 6) is -0.594. The Hall–Kier alpha value is -2.54. The number of azide groups is 1. The van der Waals surface area contributed by atoms with Crippen LogP contribution in [-0.2, 0) is 0 Å². The molecule has 0 aliphatic carbocycles. The van der Waals surface area contributed by atoms with E-state index in [1.807, 2.05) is 4.98 Å². The van der Waals surface area contributed by atoms with Crippen LogP contribution in [0.2, 0.25) is 0 Å². The lowest BCUT2D eigenvalue weighted by Gasteiger charge is -2.02. The van der Waals surface area contributed by atoms with Crippen molar-refractivity contribution in [1.29, 1.82) is 0 Å². The minimum absolute atomic E-state index is 0.173. The molecule has 0 radical (unpaired) electrons. The van der Waals surface area contributed by atoms with E-state index in [2.05, 4.69) is 20.3 Å². The van der Waals surface area contributed by atoms with Crippen LogP contribution in [0.5, 0.6) is 0 Å². The predicted octanol–water partition coefficient (Wildman–Crippen LogP) is -0.507. The first kappa shape index (κ1) is 12.5. The van der Waals surface area contributed by atoms with Gasteiger partial charge in [0.05, 0.1) is 0 Å². The monoisotopic (exact) mass is 238 g/mol. The maximum atomic E-state index is 11.5. The van der Waals surface area contributed by atoms with Gasteiger partial charge in [-0.3, -0.25) is 14.6 Å². The van der Waals surface area contributed by atoms with Crippen LogP contribution in [0.25, 0.3) is 10.4 Å². The smallest absolute Gasteiger partial charge is 0.325 e. The Bertz CT molecular complexity index is 553. The minimum atomic E-state index is -0.749. The van der Waals surface area contributed by atoms with E-state index in [0.29, 0.717) is 6.42 Å². The number of amides is 1. The van der Waals surface area contributed by atoms with Gasteiger partial charge in [0.1, 0.15) is 5.56 Å². The molecular weight excluding hydrogens is 228 g/mol. The lowest BCUT2D eigenvalue weighted by molar-refractivity contribution is 0.0951. The number of aromatic amines is 2. The molecule has 17 heavy (non-hydrogen) atoms. The van der Waals surface area contributed by atoms with Crippen molar-refractivity contribution in [3.05, 3.63) is 43.0 Å². The second kappa shape index (κ2) is 6.13. The van der Waals surface area contributed by atoms with Crippen LogP contribution in [0.15, 0.2) is 20.9 Å². The third-order valence-electron chi connectivity index (χ3n) is 1.85. The summed E-state index contributed by atoms with van der Waals surface area (Å²) in [5.41, 5.74) is 6.41. The third kappa shape index (κ3) is 3.84. The molecule has 0 spiro atoms. The quantitative estimate of drug-likeness (QED) is 0.275. The topological polar surface area (TPSA) is 144 Å². The average molecular weight is 238 g/mol. The van der Waals surface area contributed by atoms with E-state index < -0.39 is 17.2 Å². The molecule has 0 unspecified atom stereocenters. The highest BCUT2D eigenvalue weighted by molar-refractivity contribution is 5.93. The number of hydrogen-bond donors (Lipinski definition) is 3. The van der Waals surface area contributed by atoms with E-state index in [9.17, 15) is 14.4 Å². The van der Waals surface area contributed by atoms with E-state index in [1.54, 1.807) is 0 Å². The molecule has 0 saturated heterocycles. The zero-order valence-electron chi connectivity index (χ0n) is 8.77. The molecule has 0 fully saturated rings. The Morgan fingerprint density at radius 2 is 2.29 bits per heavy atom. The van der Waals surface area contributed by atoms with Crippen molar-refractivity contribution >= 4 is 5.91 Å². The number of nitrogens with one attached hydrogen (secondary N) is 3. The van der Waals surface area contributed by atoms with Crippen LogP contribution in [0.3, 0.4) is 0 Å². The standard InChI is InChI=1S/C8H10N6O3/c9-14-12-3-1-2-10-6(15)5-4-11-8(17)13-7(5)16/h4H,1-3H2,(H,10,15)(H2,11,13,16,17). The summed E-state index contributed by atoms with van der Waals surface area (Å²) in [6.45, 7) is 0.537. The van der Waals surface area contributed by atoms with E-state index in [-0.39, 0.29) is 18.7 Å². The highest BCUT2D eigenvalue weighted by atomic mass is 16.2. The van der Waals surface area contributed by atoms with Crippen molar-refractivity contribution in [2.45, 2.75) is 6.42 Å². The Labute approximate surface area is 94.5 Å². The van der Waals surface area contributed by atoms with Gasteiger partial charge in [-0.1, -0.05) is 5.11 Å². The molecular formula is C8H10N6O3. The molecule has 1 heterocycles. The van der Waals surface area contributed by atoms with Gasteiger partial charge in [0.2, 0.25) is 0 Å². The molecule has 9 heteroatoms. The van der Waals surface area contributed by atoms with Gasteiger partial charge in [0.15, 0.2) is 0 Å². The van der Waals surface area contributed by atoms with Gasteiger partial charge >= 0.3 is 5.69 Å². The largest absolute Gasteiger partial charge is 0.352 e. The Morgan fingerprint density at radius 1 is 1.53 bits per heavy atom. The number of H-pyrrole nitrogens is 2. The van der Waals surface area contributed by atoms with Gasteiger partial charge in [-0.05, 0) is 12.0 Å². The Kier molecular flexibility index (Phi) is 4.52. The van der Waals surface area contributed by atoms with Gasteiger partial charge in [-0.15, -0.1) is 0 Å². The van der Waals surface area contributed by atoms with Crippen molar-refractivity contribution in [2.24, 2.45) is 5.11 Å². The third-order valence-corrected chi connectivity index (χ3v) is 1.85. The Balaban J connectivity index is 2.55. The predicted molar refractivity (Wildman–Crippen MR) is 58.6 cm³/mol. The zero-order valence-corrected chi connectivity index (χ0v) is 8.77. The minimum Gasteiger partial charge on any atom is -0.352 e. The second-order valence-corrected chi connectivity index (χ2v) is 3.05. The van der Waals surface area contributed by atoms with E-state index in [1.165, 1.54) is 0 Å². The van der Waals surface area contributed by atoms with E-state index in [0.717, 1.165) is 6.20 Å². The first-order valence-electron chi connectivity index (χ1n) is 4.76. The second-order valence-electron chi connectivity index (χ2n) is 3.05. The first-order valence-corrected chi connectivity index (χ1v) is 4.76. The summed E-state index contributed by atoms with van der Waals surface area (Å²) in [6.07, 6.45) is 1.51. The Morgan fingerprint density at radius 3 is 2.94 bits per heavy atom. The molecule has 3 N–H and O–H groups in total. The summed E-state index contributed by atoms with van der Waals surface area (Å²) in [4.78, 5) is 40.1. The van der Waals surface area contributed by atoms with Gasteiger partial charge in [-0.25, -0.2) is 4.79 Å². The first-order chi connectivity index (χ1) is 8.15. The lowest BCUT2D eigenvalue weighted by Crippen LogP contribution is -2.34. The number of rotatable bonds is 5. The SMILES string of the molecule is [N-]=[N+]=NCCCNC(=O)c1c[nH]c(=O)[nH]c1=O. The summed E-state index contributed by atoms with van der Waals surface area (Å²) in [6, 6.07) is 0. The zero-order chi connectivity index (χ0) is 12.7. The van der Waals surface area contributed by atoms with Crippen LogP contribution in [0.1, 0.15) is 16.8 Å². The fourth-order valence-electron chi connectivity index (χ4n) is 1.07. The fourth-order valence-corrected chi connectivity index (χ4v) is 1.07. The van der Waals surface area contributed by atoms with Gasteiger partial charge < -0.3 is 10.3 Å². The fraction of sp³-hybridized carbons (Fsp3) is 0.375. The summed E-state index contributed by atoms with van der Waals surface area (Å²) < 4.78 is 0. The van der Waals surface area contributed by atoms with Gasteiger partial charge in [0.25, 0.3) is 11.5 Å². The maximum absolute atomic E-state index is 11.5. The van der Waals surface area contributed by atoms with Crippen molar-refractivity contribution in [1.82, 2.24) is 15.3 Å². The van der Waals surface area contributed by atoms with Crippen LogP contribution >= 0.6 is 0 Å². The van der Waals surface area contributed by atoms with E-state index in [4.69, 9.17) is 5.53 Å². The molecule has 0 aliphatic rings. The number of hydrogen-bond acceptors (Lipinski definition) is 4. The summed E-state index contributed by atoms with van der Waals surface area (Å²) in [5, 5.41) is 5.74. The lowest BCUT2D eigenvalue weighted by atomic mass is 10.3.